The van der Waals surface area contributed by atoms with Crippen molar-refractivity contribution in [2.75, 3.05) is 0 Å². The van der Waals surface area contributed by atoms with Crippen molar-refractivity contribution in [1.29, 1.82) is 0 Å². The van der Waals surface area contributed by atoms with Crippen LogP contribution >= 0.6 is 0 Å². The summed E-state index contributed by atoms with van der Waals surface area (Å²) in [5.41, 5.74) is 5.39. The van der Waals surface area contributed by atoms with Gasteiger partial charge in [-0.2, -0.15) is 10.2 Å². The third-order valence-corrected chi connectivity index (χ3v) is 5.00. The van der Waals surface area contributed by atoms with Crippen LogP contribution in [0.2, 0.25) is 0 Å². The normalized spacial score (nSPS) is 10.8. The van der Waals surface area contributed by atoms with E-state index in [-0.39, 0.29) is 5.69 Å². The Bertz CT molecular complexity index is 1340. The van der Waals surface area contributed by atoms with Crippen molar-refractivity contribution in [3.05, 3.63) is 114 Å². The van der Waals surface area contributed by atoms with Gasteiger partial charge in [0.05, 0.1) is 22.5 Å². The Morgan fingerprint density at radius 1 is 0.710 bits per heavy atom. The van der Waals surface area contributed by atoms with Crippen LogP contribution in [0.5, 0.6) is 0 Å². The smallest absolute Gasteiger partial charge is 0.258 e. The molecule has 0 aliphatic carbocycles. The van der Waals surface area contributed by atoms with Crippen LogP contribution in [0.25, 0.3) is 33.8 Å². The highest BCUT2D eigenvalue weighted by atomic mass is 16.6. The molecule has 0 bridgehead atoms. The topological polar surface area (TPSA) is 78.8 Å². The molecule has 0 aliphatic rings. The van der Waals surface area contributed by atoms with Crippen molar-refractivity contribution in [3.63, 3.8) is 0 Å². The summed E-state index contributed by atoms with van der Waals surface area (Å²) >= 11 is 0. The average Bonchev–Trinajstić information content (AvgIpc) is 3.48. The highest BCUT2D eigenvalue weighted by Crippen LogP contribution is 2.32. The Balaban J connectivity index is 1.61. The minimum Gasteiger partial charge on any atom is -0.258 e. The van der Waals surface area contributed by atoms with Crippen molar-refractivity contribution >= 4 is 5.69 Å². The van der Waals surface area contributed by atoms with Crippen molar-refractivity contribution in [2.24, 2.45) is 0 Å². The average molecular weight is 407 g/mol. The van der Waals surface area contributed by atoms with Gasteiger partial charge in [0.2, 0.25) is 0 Å². The van der Waals surface area contributed by atoms with E-state index in [1.165, 1.54) is 12.1 Å². The van der Waals surface area contributed by atoms with Crippen LogP contribution in [0.15, 0.2) is 104 Å². The van der Waals surface area contributed by atoms with E-state index in [2.05, 4.69) is 5.10 Å². The van der Waals surface area contributed by atoms with E-state index in [9.17, 15) is 10.1 Å². The lowest BCUT2D eigenvalue weighted by Crippen LogP contribution is -1.95. The molecular weight excluding hydrogens is 390 g/mol. The largest absolute Gasteiger partial charge is 0.269 e. The molecule has 0 fully saturated rings. The molecule has 5 rings (SSSR count). The van der Waals surface area contributed by atoms with Crippen LogP contribution in [0.4, 0.5) is 5.69 Å². The zero-order valence-electron chi connectivity index (χ0n) is 16.4. The Morgan fingerprint density at radius 3 is 2.03 bits per heavy atom. The van der Waals surface area contributed by atoms with Crippen LogP contribution in [-0.2, 0) is 0 Å². The lowest BCUT2D eigenvalue weighted by Gasteiger charge is -2.01. The van der Waals surface area contributed by atoms with Gasteiger partial charge in [0, 0.05) is 35.7 Å². The number of hydrogen-bond donors (Lipinski definition) is 0. The number of hydrogen-bond acceptors (Lipinski definition) is 4. The van der Waals surface area contributed by atoms with Gasteiger partial charge >= 0.3 is 0 Å². The van der Waals surface area contributed by atoms with E-state index < -0.39 is 4.92 Å². The predicted molar refractivity (Wildman–Crippen MR) is 118 cm³/mol. The van der Waals surface area contributed by atoms with Gasteiger partial charge in [0.25, 0.3) is 5.69 Å². The number of nitro benzene ring substituents is 1. The molecule has 0 aliphatic heterocycles. The summed E-state index contributed by atoms with van der Waals surface area (Å²) in [5.74, 6) is 0. The maximum absolute atomic E-state index is 11.0. The summed E-state index contributed by atoms with van der Waals surface area (Å²) < 4.78 is 3.55. The molecule has 0 saturated carbocycles. The van der Waals surface area contributed by atoms with E-state index in [0.29, 0.717) is 0 Å². The molecule has 7 heteroatoms. The molecule has 0 radical (unpaired) electrons. The highest BCUT2D eigenvalue weighted by molar-refractivity contribution is 5.80. The first-order valence-electron chi connectivity index (χ1n) is 9.69. The Hall–Kier alpha value is -4.52. The van der Waals surface area contributed by atoms with Crippen LogP contribution in [0, 0.1) is 10.1 Å². The van der Waals surface area contributed by atoms with Crippen molar-refractivity contribution in [3.8, 4) is 33.8 Å². The Labute approximate surface area is 178 Å². The van der Waals surface area contributed by atoms with Crippen LogP contribution in [0.3, 0.4) is 0 Å². The molecule has 31 heavy (non-hydrogen) atoms. The van der Waals surface area contributed by atoms with Crippen LogP contribution in [0.1, 0.15) is 0 Å². The minimum atomic E-state index is -0.411. The molecular formula is C24H17N5O2. The Morgan fingerprint density at radius 2 is 1.35 bits per heavy atom. The molecule has 5 aromatic rings. The van der Waals surface area contributed by atoms with Gasteiger partial charge in [-0.25, -0.2) is 9.36 Å². The van der Waals surface area contributed by atoms with Gasteiger partial charge < -0.3 is 0 Å². The van der Waals surface area contributed by atoms with Crippen LogP contribution < -0.4 is 0 Å². The summed E-state index contributed by atoms with van der Waals surface area (Å²) in [5, 5.41) is 20.3. The van der Waals surface area contributed by atoms with Crippen molar-refractivity contribution in [1.82, 2.24) is 19.6 Å². The Kier molecular flexibility index (Phi) is 4.61. The van der Waals surface area contributed by atoms with E-state index >= 15 is 0 Å². The number of para-hydroxylation sites is 1. The molecule has 150 valence electrons. The fraction of sp³-hybridized carbons (Fsp3) is 0. The van der Waals surface area contributed by atoms with E-state index in [1.807, 2.05) is 77.7 Å². The second kappa shape index (κ2) is 7.72. The minimum absolute atomic E-state index is 0.0450. The summed E-state index contributed by atoms with van der Waals surface area (Å²) in [6.07, 6.45) is 5.68. The number of non-ortho nitro benzene ring substituents is 1. The van der Waals surface area contributed by atoms with Gasteiger partial charge in [-0.1, -0.05) is 48.5 Å². The van der Waals surface area contributed by atoms with E-state index in [4.69, 9.17) is 5.10 Å². The maximum Gasteiger partial charge on any atom is 0.269 e. The molecule has 7 nitrogen and oxygen atoms in total. The number of nitrogens with zero attached hydrogens (tertiary/aromatic N) is 5. The van der Waals surface area contributed by atoms with E-state index in [0.717, 1.165) is 33.8 Å². The van der Waals surface area contributed by atoms with E-state index in [1.54, 1.807) is 23.0 Å². The molecule has 0 N–H and O–H groups in total. The molecule has 0 amide bonds. The van der Waals surface area contributed by atoms with Gasteiger partial charge in [0.15, 0.2) is 0 Å². The first-order valence-corrected chi connectivity index (χ1v) is 9.69. The summed E-state index contributed by atoms with van der Waals surface area (Å²) in [6, 6.07) is 26.2. The fourth-order valence-corrected chi connectivity index (χ4v) is 3.44. The fourth-order valence-electron chi connectivity index (χ4n) is 3.44. The number of nitro groups is 1. The van der Waals surface area contributed by atoms with Gasteiger partial charge in [-0.05, 0) is 29.8 Å². The quantitative estimate of drug-likeness (QED) is 0.292. The molecule has 0 saturated heterocycles. The maximum atomic E-state index is 11.0. The third kappa shape index (κ3) is 3.60. The monoisotopic (exact) mass is 407 g/mol. The molecule has 3 aromatic carbocycles. The van der Waals surface area contributed by atoms with Gasteiger partial charge in [0.1, 0.15) is 5.69 Å². The number of aromatic nitrogens is 4. The first-order chi connectivity index (χ1) is 15.2. The number of benzene rings is 3. The molecule has 2 aromatic heterocycles. The van der Waals surface area contributed by atoms with Crippen molar-refractivity contribution < 1.29 is 4.92 Å². The van der Waals surface area contributed by atoms with Crippen molar-refractivity contribution in [2.45, 2.75) is 0 Å². The summed E-state index contributed by atoms with van der Waals surface area (Å²) in [4.78, 5) is 10.6. The predicted octanol–water partition coefficient (Wildman–Crippen LogP) is 5.30. The molecule has 0 unspecified atom stereocenters. The third-order valence-electron chi connectivity index (χ3n) is 5.00. The lowest BCUT2D eigenvalue weighted by atomic mass is 10.0. The standard InChI is InChI=1S/C24H17N5O2/c30-29(31)22-13-11-21(12-14-22)28-17-23(18-7-3-1-4-8-18)24(26-28)19-15-25-27(16-19)20-9-5-2-6-10-20/h1-17H. The molecule has 0 spiro atoms. The van der Waals surface area contributed by atoms with Gasteiger partial charge in [-0.15, -0.1) is 0 Å². The highest BCUT2D eigenvalue weighted by Gasteiger charge is 2.16. The number of rotatable bonds is 5. The second-order valence-electron chi connectivity index (χ2n) is 6.98. The summed E-state index contributed by atoms with van der Waals surface area (Å²) in [7, 11) is 0. The van der Waals surface area contributed by atoms with Crippen LogP contribution in [-0.4, -0.2) is 24.5 Å². The SMILES string of the molecule is O=[N+]([O-])c1ccc(-n2cc(-c3ccccc3)c(-c3cnn(-c4ccccc4)c3)n2)cc1. The van der Waals surface area contributed by atoms with Gasteiger partial charge in [-0.3, -0.25) is 10.1 Å². The summed E-state index contributed by atoms with van der Waals surface area (Å²) in [6.45, 7) is 0. The molecule has 0 atom stereocenters. The lowest BCUT2D eigenvalue weighted by molar-refractivity contribution is -0.384. The zero-order chi connectivity index (χ0) is 21.2. The first kappa shape index (κ1) is 18.5. The molecule has 2 heterocycles. The second-order valence-corrected chi connectivity index (χ2v) is 6.98. The zero-order valence-corrected chi connectivity index (χ0v) is 16.4.